The van der Waals surface area contributed by atoms with Gasteiger partial charge in [-0.3, -0.25) is 4.79 Å². The van der Waals surface area contributed by atoms with Crippen molar-refractivity contribution in [1.82, 2.24) is 10.6 Å². The molecule has 0 fully saturated rings. The van der Waals surface area contributed by atoms with Gasteiger partial charge in [0.1, 0.15) is 11.5 Å². The fourth-order valence-electron chi connectivity index (χ4n) is 3.34. The highest BCUT2D eigenvalue weighted by molar-refractivity contribution is 5.98. The fourth-order valence-corrected chi connectivity index (χ4v) is 3.34. The van der Waals surface area contributed by atoms with E-state index in [0.717, 1.165) is 30.0 Å². The molecule has 0 unspecified atom stereocenters. The lowest BCUT2D eigenvalue weighted by atomic mass is 10.2. The number of anilines is 1. The maximum absolute atomic E-state index is 12.7. The van der Waals surface area contributed by atoms with Crippen LogP contribution in [0.1, 0.15) is 18.1 Å². The molecule has 1 heterocycles. The van der Waals surface area contributed by atoms with Crippen LogP contribution >= 0.6 is 0 Å². The molecule has 1 amide bonds. The third-order valence-corrected chi connectivity index (χ3v) is 4.84. The molecule has 0 saturated carbocycles. The number of para-hydroxylation sites is 1. The van der Waals surface area contributed by atoms with Crippen molar-refractivity contribution in [2.75, 3.05) is 38.8 Å². The topological polar surface area (TPSA) is 75.2 Å². The first-order valence-electron chi connectivity index (χ1n) is 9.77. The number of nitrogens with one attached hydrogen (secondary N) is 2. The Morgan fingerprint density at radius 1 is 1.14 bits per heavy atom. The van der Waals surface area contributed by atoms with Crippen LogP contribution in [0.2, 0.25) is 0 Å². The Kier molecular flexibility index (Phi) is 6.94. The minimum absolute atomic E-state index is 0.0302. The molecule has 0 radical (unpaired) electrons. The highest BCUT2D eigenvalue weighted by atomic mass is 16.5. The molecule has 2 N–H and O–H groups in total. The van der Waals surface area contributed by atoms with Gasteiger partial charge in [0, 0.05) is 30.4 Å². The first-order chi connectivity index (χ1) is 14.2. The molecule has 7 heteroatoms. The number of carbonyl (C=O) groups excluding carboxylic acids is 1. The summed E-state index contributed by atoms with van der Waals surface area (Å²) in [4.78, 5) is 19.1. The summed E-state index contributed by atoms with van der Waals surface area (Å²) in [5, 5.41) is 6.32. The zero-order chi connectivity index (χ0) is 20.6. The van der Waals surface area contributed by atoms with Crippen molar-refractivity contribution in [1.29, 1.82) is 0 Å². The number of hydrogen-bond donors (Lipinski definition) is 2. The molecule has 29 heavy (non-hydrogen) atoms. The standard InChI is InChI=1S/C22H28N4O3/c1-4-23-22(24-14-17-9-10-18(28-2)13-20(17)29-3)25-15-21(27)26-12-11-16-7-5-6-8-19(16)26/h5-10,13H,4,11-12,14-15H2,1-3H3,(H2,23,24,25). The summed E-state index contributed by atoms with van der Waals surface area (Å²) in [6.07, 6.45) is 0.896. The van der Waals surface area contributed by atoms with Crippen molar-refractivity contribution in [3.63, 3.8) is 0 Å². The predicted molar refractivity (Wildman–Crippen MR) is 115 cm³/mol. The number of benzene rings is 2. The van der Waals surface area contributed by atoms with Gasteiger partial charge in [0.15, 0.2) is 5.96 Å². The Balaban J connectivity index is 1.64. The van der Waals surface area contributed by atoms with Crippen molar-refractivity contribution in [3.05, 3.63) is 53.6 Å². The van der Waals surface area contributed by atoms with Crippen molar-refractivity contribution in [2.45, 2.75) is 19.9 Å². The molecule has 0 spiro atoms. The highest BCUT2D eigenvalue weighted by Crippen LogP contribution is 2.27. The normalized spacial score (nSPS) is 13.1. The van der Waals surface area contributed by atoms with Gasteiger partial charge in [0.25, 0.3) is 0 Å². The van der Waals surface area contributed by atoms with Crippen molar-refractivity contribution in [2.24, 2.45) is 4.99 Å². The van der Waals surface area contributed by atoms with Crippen LogP contribution in [0.3, 0.4) is 0 Å². The lowest BCUT2D eigenvalue weighted by molar-refractivity contribution is -0.117. The number of hydrogen-bond acceptors (Lipinski definition) is 4. The Bertz CT molecular complexity index is 882. The average Bonchev–Trinajstić information content (AvgIpc) is 3.19. The van der Waals surface area contributed by atoms with E-state index >= 15 is 0 Å². The summed E-state index contributed by atoms with van der Waals surface area (Å²) in [6.45, 7) is 4.01. The summed E-state index contributed by atoms with van der Waals surface area (Å²) in [5.41, 5.74) is 3.16. The molecule has 2 aromatic rings. The molecule has 0 bridgehead atoms. The summed E-state index contributed by atoms with van der Waals surface area (Å²) in [5.74, 6) is 2.07. The van der Waals surface area contributed by atoms with Gasteiger partial charge in [-0.25, -0.2) is 4.99 Å². The van der Waals surface area contributed by atoms with E-state index in [-0.39, 0.29) is 12.5 Å². The fraction of sp³-hybridized carbons (Fsp3) is 0.364. The number of rotatable bonds is 7. The first-order valence-corrected chi connectivity index (χ1v) is 9.77. The second-order valence-corrected chi connectivity index (χ2v) is 6.65. The van der Waals surface area contributed by atoms with E-state index < -0.39 is 0 Å². The molecule has 3 rings (SSSR count). The van der Waals surface area contributed by atoms with Gasteiger partial charge < -0.3 is 25.0 Å². The van der Waals surface area contributed by atoms with Crippen LogP contribution in [-0.2, 0) is 17.8 Å². The van der Waals surface area contributed by atoms with Gasteiger partial charge in [-0.2, -0.15) is 0 Å². The van der Waals surface area contributed by atoms with E-state index in [1.54, 1.807) is 14.2 Å². The monoisotopic (exact) mass is 396 g/mol. The first kappa shape index (κ1) is 20.5. The molecule has 2 aromatic carbocycles. The largest absolute Gasteiger partial charge is 0.497 e. The molecular weight excluding hydrogens is 368 g/mol. The smallest absolute Gasteiger partial charge is 0.246 e. The van der Waals surface area contributed by atoms with Crippen LogP contribution in [0, 0.1) is 0 Å². The summed E-state index contributed by atoms with van der Waals surface area (Å²) in [6, 6.07) is 13.7. The van der Waals surface area contributed by atoms with Crippen molar-refractivity contribution < 1.29 is 14.3 Å². The number of methoxy groups -OCH3 is 2. The van der Waals surface area contributed by atoms with E-state index in [4.69, 9.17) is 9.47 Å². The van der Waals surface area contributed by atoms with Crippen molar-refractivity contribution >= 4 is 17.6 Å². The number of ether oxygens (including phenoxy) is 2. The number of guanidine groups is 1. The zero-order valence-electron chi connectivity index (χ0n) is 17.2. The van der Waals surface area contributed by atoms with Crippen LogP contribution in [0.5, 0.6) is 11.5 Å². The van der Waals surface area contributed by atoms with Crippen LogP contribution in [0.4, 0.5) is 5.69 Å². The molecule has 0 aliphatic carbocycles. The van der Waals surface area contributed by atoms with Crippen LogP contribution < -0.4 is 25.0 Å². The molecule has 154 valence electrons. The second kappa shape index (κ2) is 9.82. The van der Waals surface area contributed by atoms with Gasteiger partial charge in [-0.15, -0.1) is 0 Å². The Labute approximate surface area is 171 Å². The van der Waals surface area contributed by atoms with Gasteiger partial charge in [-0.05, 0) is 37.1 Å². The Hall–Kier alpha value is -3.22. The van der Waals surface area contributed by atoms with E-state index in [1.165, 1.54) is 5.56 Å². The predicted octanol–water partition coefficient (Wildman–Crippen LogP) is 2.35. The van der Waals surface area contributed by atoms with Gasteiger partial charge in [-0.1, -0.05) is 18.2 Å². The van der Waals surface area contributed by atoms with Gasteiger partial charge in [0.05, 0.1) is 27.3 Å². The summed E-state index contributed by atoms with van der Waals surface area (Å²) in [7, 11) is 3.24. The number of carbonyl (C=O) groups is 1. The number of amides is 1. The quantitative estimate of drug-likeness (QED) is 0.555. The molecule has 7 nitrogen and oxygen atoms in total. The maximum atomic E-state index is 12.7. The number of aliphatic imine (C=N–C) groups is 1. The Morgan fingerprint density at radius 2 is 1.97 bits per heavy atom. The van der Waals surface area contributed by atoms with Gasteiger partial charge in [0.2, 0.25) is 5.91 Å². The summed E-state index contributed by atoms with van der Waals surface area (Å²) < 4.78 is 10.7. The third kappa shape index (κ3) is 4.99. The second-order valence-electron chi connectivity index (χ2n) is 6.65. The molecule has 1 aliphatic heterocycles. The molecular formula is C22H28N4O3. The Morgan fingerprint density at radius 3 is 2.72 bits per heavy atom. The molecule has 0 aromatic heterocycles. The average molecular weight is 396 g/mol. The van der Waals surface area contributed by atoms with Crippen LogP contribution in [0.15, 0.2) is 47.5 Å². The lowest BCUT2D eigenvalue weighted by Crippen LogP contribution is -2.44. The van der Waals surface area contributed by atoms with E-state index in [9.17, 15) is 4.79 Å². The number of fused-ring (bicyclic) bond motifs is 1. The van der Waals surface area contributed by atoms with Crippen LogP contribution in [-0.4, -0.2) is 45.7 Å². The number of nitrogens with zero attached hydrogens (tertiary/aromatic N) is 2. The zero-order valence-corrected chi connectivity index (χ0v) is 17.2. The van der Waals surface area contributed by atoms with Crippen LogP contribution in [0.25, 0.3) is 0 Å². The van der Waals surface area contributed by atoms with E-state index in [1.807, 2.05) is 48.2 Å². The highest BCUT2D eigenvalue weighted by Gasteiger charge is 2.23. The SMILES string of the molecule is CCNC(=NCc1ccc(OC)cc1OC)NCC(=O)N1CCc2ccccc21. The third-order valence-electron chi connectivity index (χ3n) is 4.84. The lowest BCUT2D eigenvalue weighted by Gasteiger charge is -2.19. The molecule has 0 atom stereocenters. The van der Waals surface area contributed by atoms with Gasteiger partial charge >= 0.3 is 0 Å². The summed E-state index contributed by atoms with van der Waals surface area (Å²) >= 11 is 0. The minimum atomic E-state index is 0.0302. The maximum Gasteiger partial charge on any atom is 0.246 e. The molecule has 0 saturated heterocycles. The van der Waals surface area contributed by atoms with Crippen molar-refractivity contribution in [3.8, 4) is 11.5 Å². The van der Waals surface area contributed by atoms with E-state index in [0.29, 0.717) is 24.8 Å². The van der Waals surface area contributed by atoms with E-state index in [2.05, 4.69) is 21.7 Å². The molecule has 1 aliphatic rings. The minimum Gasteiger partial charge on any atom is -0.497 e.